The van der Waals surface area contributed by atoms with Gasteiger partial charge in [-0.15, -0.1) is 0 Å². The molecule has 2 saturated carbocycles. The molecule has 2 aliphatic rings. The standard InChI is InChI=1S/C20H23NO3/c22-13-15-11-14-9-10-18(12-19(14)24-20(15)23)21(16-5-1-2-6-16)17-7-3-4-8-17/h9-13,16-17H,1-8H2. The second-order valence-electron chi connectivity index (χ2n) is 7.11. The molecule has 0 saturated heterocycles. The van der Waals surface area contributed by atoms with Crippen LogP contribution in [0.25, 0.3) is 11.0 Å². The molecule has 0 bridgehead atoms. The van der Waals surface area contributed by atoms with Crippen LogP contribution in [0.15, 0.2) is 33.5 Å². The Morgan fingerprint density at radius 2 is 1.58 bits per heavy atom. The van der Waals surface area contributed by atoms with E-state index in [2.05, 4.69) is 11.0 Å². The van der Waals surface area contributed by atoms with Gasteiger partial charge in [-0.2, -0.15) is 0 Å². The summed E-state index contributed by atoms with van der Waals surface area (Å²) in [4.78, 5) is 25.4. The molecule has 1 aromatic carbocycles. The van der Waals surface area contributed by atoms with Gasteiger partial charge in [-0.05, 0) is 43.9 Å². The number of anilines is 1. The lowest BCUT2D eigenvalue weighted by Crippen LogP contribution is -2.40. The van der Waals surface area contributed by atoms with E-state index >= 15 is 0 Å². The molecule has 0 aliphatic heterocycles. The quantitative estimate of drug-likeness (QED) is 0.621. The Morgan fingerprint density at radius 3 is 2.17 bits per heavy atom. The van der Waals surface area contributed by atoms with Crippen LogP contribution in [0.4, 0.5) is 5.69 Å². The van der Waals surface area contributed by atoms with Crippen LogP contribution in [0.3, 0.4) is 0 Å². The summed E-state index contributed by atoms with van der Waals surface area (Å²) in [5, 5.41) is 0.804. The number of rotatable bonds is 4. The number of hydrogen-bond acceptors (Lipinski definition) is 4. The zero-order valence-corrected chi connectivity index (χ0v) is 13.9. The minimum Gasteiger partial charge on any atom is -0.422 e. The lowest BCUT2D eigenvalue weighted by Gasteiger charge is -2.37. The Hall–Kier alpha value is -2.10. The van der Waals surface area contributed by atoms with E-state index in [1.807, 2.05) is 12.1 Å². The van der Waals surface area contributed by atoms with Gasteiger partial charge in [-0.25, -0.2) is 4.79 Å². The maximum atomic E-state index is 11.8. The maximum absolute atomic E-state index is 11.8. The second-order valence-corrected chi connectivity index (χ2v) is 7.11. The molecule has 126 valence electrons. The van der Waals surface area contributed by atoms with Crippen LogP contribution in [0.5, 0.6) is 0 Å². The molecule has 0 N–H and O–H groups in total. The molecule has 0 amide bonds. The van der Waals surface area contributed by atoms with Gasteiger partial charge >= 0.3 is 5.63 Å². The summed E-state index contributed by atoms with van der Waals surface area (Å²) in [5.41, 5.74) is 1.26. The normalized spacial score (nSPS) is 19.2. The average Bonchev–Trinajstić information content (AvgIpc) is 3.29. The molecule has 2 fully saturated rings. The van der Waals surface area contributed by atoms with Gasteiger partial charge in [0.2, 0.25) is 0 Å². The SMILES string of the molecule is O=Cc1cc2ccc(N(C3CCCC3)C3CCCC3)cc2oc1=O. The Kier molecular flexibility index (Phi) is 4.13. The van der Waals surface area contributed by atoms with E-state index in [4.69, 9.17) is 4.42 Å². The number of hydrogen-bond donors (Lipinski definition) is 0. The number of aldehydes is 1. The van der Waals surface area contributed by atoms with Crippen molar-refractivity contribution >= 4 is 22.9 Å². The summed E-state index contributed by atoms with van der Waals surface area (Å²) >= 11 is 0. The van der Waals surface area contributed by atoms with E-state index in [-0.39, 0.29) is 5.56 Å². The highest BCUT2D eigenvalue weighted by molar-refractivity contribution is 5.86. The molecular formula is C20H23NO3. The van der Waals surface area contributed by atoms with E-state index < -0.39 is 5.63 Å². The van der Waals surface area contributed by atoms with Gasteiger partial charge in [0.05, 0.1) is 0 Å². The summed E-state index contributed by atoms with van der Waals surface area (Å²) in [5.74, 6) is 0. The lowest BCUT2D eigenvalue weighted by atomic mass is 10.1. The van der Waals surface area contributed by atoms with Crippen molar-refractivity contribution in [2.75, 3.05) is 4.90 Å². The molecule has 4 nitrogen and oxygen atoms in total. The Bertz CT molecular complexity index is 782. The fraction of sp³-hybridized carbons (Fsp3) is 0.500. The van der Waals surface area contributed by atoms with Crippen molar-refractivity contribution in [3.63, 3.8) is 0 Å². The van der Waals surface area contributed by atoms with E-state index in [0.717, 1.165) is 11.1 Å². The first kappa shape index (κ1) is 15.4. The first-order valence-electron chi connectivity index (χ1n) is 9.08. The average molecular weight is 325 g/mol. The second kappa shape index (κ2) is 6.42. The van der Waals surface area contributed by atoms with Crippen molar-refractivity contribution in [2.45, 2.75) is 63.5 Å². The molecule has 4 heteroatoms. The predicted octanol–water partition coefficient (Wildman–Crippen LogP) is 4.30. The van der Waals surface area contributed by atoms with Crippen molar-refractivity contribution in [2.24, 2.45) is 0 Å². The zero-order valence-electron chi connectivity index (χ0n) is 13.9. The molecule has 2 aromatic rings. The third kappa shape index (κ3) is 2.74. The van der Waals surface area contributed by atoms with Crippen molar-refractivity contribution in [1.82, 2.24) is 0 Å². The molecule has 1 heterocycles. The third-order valence-electron chi connectivity index (χ3n) is 5.61. The number of nitrogens with zero attached hydrogens (tertiary/aromatic N) is 1. The highest BCUT2D eigenvalue weighted by Crippen LogP contribution is 2.36. The van der Waals surface area contributed by atoms with Gasteiger partial charge in [0.1, 0.15) is 11.1 Å². The fourth-order valence-electron chi connectivity index (χ4n) is 4.44. The molecule has 1 aromatic heterocycles. The molecule has 0 unspecified atom stereocenters. The van der Waals surface area contributed by atoms with Gasteiger partial charge in [0.15, 0.2) is 6.29 Å². The summed E-state index contributed by atoms with van der Waals surface area (Å²) in [6.45, 7) is 0. The zero-order chi connectivity index (χ0) is 16.5. The third-order valence-corrected chi connectivity index (χ3v) is 5.61. The number of carbonyl (C=O) groups excluding carboxylic acids is 1. The Balaban J connectivity index is 1.76. The van der Waals surface area contributed by atoms with E-state index in [1.165, 1.54) is 51.4 Å². The molecule has 0 atom stereocenters. The van der Waals surface area contributed by atoms with E-state index in [0.29, 0.717) is 24.0 Å². The van der Waals surface area contributed by atoms with Crippen LogP contribution in [0.2, 0.25) is 0 Å². The topological polar surface area (TPSA) is 50.5 Å². The van der Waals surface area contributed by atoms with Crippen LogP contribution >= 0.6 is 0 Å². The summed E-state index contributed by atoms with van der Waals surface area (Å²) in [6.07, 6.45) is 10.8. The Labute approximate surface area is 141 Å². The van der Waals surface area contributed by atoms with Crippen LogP contribution in [-0.4, -0.2) is 18.4 Å². The van der Waals surface area contributed by atoms with Crippen LogP contribution < -0.4 is 10.5 Å². The van der Waals surface area contributed by atoms with Crippen molar-refractivity contribution in [3.8, 4) is 0 Å². The van der Waals surface area contributed by atoms with E-state index in [1.54, 1.807) is 6.07 Å². The highest BCUT2D eigenvalue weighted by Gasteiger charge is 2.31. The monoisotopic (exact) mass is 325 g/mol. The predicted molar refractivity (Wildman–Crippen MR) is 94.9 cm³/mol. The lowest BCUT2D eigenvalue weighted by molar-refractivity contribution is 0.112. The number of carbonyl (C=O) groups is 1. The highest BCUT2D eigenvalue weighted by atomic mass is 16.4. The van der Waals surface area contributed by atoms with Gasteiger partial charge < -0.3 is 9.32 Å². The van der Waals surface area contributed by atoms with Crippen LogP contribution in [0, 0.1) is 0 Å². The van der Waals surface area contributed by atoms with Crippen LogP contribution in [-0.2, 0) is 0 Å². The van der Waals surface area contributed by atoms with Crippen LogP contribution in [0.1, 0.15) is 61.7 Å². The molecule has 0 spiro atoms. The van der Waals surface area contributed by atoms with Crippen molar-refractivity contribution < 1.29 is 9.21 Å². The van der Waals surface area contributed by atoms with Crippen molar-refractivity contribution in [1.29, 1.82) is 0 Å². The summed E-state index contributed by atoms with van der Waals surface area (Å²) in [7, 11) is 0. The smallest absolute Gasteiger partial charge is 0.346 e. The number of fused-ring (bicyclic) bond motifs is 1. The first-order valence-corrected chi connectivity index (χ1v) is 9.08. The first-order chi connectivity index (χ1) is 11.8. The molecule has 0 radical (unpaired) electrons. The van der Waals surface area contributed by atoms with Gasteiger partial charge in [0, 0.05) is 29.2 Å². The van der Waals surface area contributed by atoms with Crippen molar-refractivity contribution in [3.05, 3.63) is 40.2 Å². The largest absolute Gasteiger partial charge is 0.422 e. The summed E-state index contributed by atoms with van der Waals surface area (Å²) in [6, 6.07) is 8.90. The molecular weight excluding hydrogens is 302 g/mol. The van der Waals surface area contributed by atoms with E-state index in [9.17, 15) is 9.59 Å². The minimum absolute atomic E-state index is 0.0821. The summed E-state index contributed by atoms with van der Waals surface area (Å²) < 4.78 is 5.39. The van der Waals surface area contributed by atoms with Gasteiger partial charge in [-0.1, -0.05) is 25.7 Å². The van der Waals surface area contributed by atoms with Gasteiger partial charge in [0.25, 0.3) is 0 Å². The Morgan fingerprint density at radius 1 is 0.958 bits per heavy atom. The number of benzene rings is 1. The van der Waals surface area contributed by atoms with Gasteiger partial charge in [-0.3, -0.25) is 4.79 Å². The maximum Gasteiger partial charge on any atom is 0.346 e. The molecule has 24 heavy (non-hydrogen) atoms. The minimum atomic E-state index is -0.553. The molecule has 2 aliphatic carbocycles. The molecule has 4 rings (SSSR count). The fourth-order valence-corrected chi connectivity index (χ4v) is 4.44.